The number of rotatable bonds is 10. The number of aliphatic carboxylic acids is 1. The molecule has 0 fully saturated rings. The topological polar surface area (TPSA) is 95.5 Å². The third-order valence-corrected chi connectivity index (χ3v) is 3.81. The molecule has 0 radical (unpaired) electrons. The zero-order valence-electron chi connectivity index (χ0n) is 14.0. The van der Waals surface area contributed by atoms with Gasteiger partial charge in [-0.05, 0) is 36.6 Å². The summed E-state index contributed by atoms with van der Waals surface area (Å²) >= 11 is 11.8. The average Bonchev–Trinajstić information content (AvgIpc) is 2.51. The number of carbonyl (C=O) groups is 3. The highest BCUT2D eigenvalue weighted by molar-refractivity contribution is 6.34. The summed E-state index contributed by atoms with van der Waals surface area (Å²) in [5.41, 5.74) is 0.615. The van der Waals surface area contributed by atoms with Crippen molar-refractivity contribution in [3.8, 4) is 0 Å². The Morgan fingerprint density at radius 2 is 1.68 bits per heavy atom. The van der Waals surface area contributed by atoms with Crippen molar-refractivity contribution in [2.45, 2.75) is 45.1 Å². The molecule has 0 saturated heterocycles. The standard InChI is InChI=1S/C17H22Cl2N2O4/c1-2-6-20-15(22)4-3-5-16(23)21-14(17(24)25)9-11-7-12(18)10-13(19)8-11/h7-8,10,14H,2-6,9H2,1H3,(H,20,22)(H,21,23)(H,24,25). The van der Waals surface area contributed by atoms with Gasteiger partial charge in [0.2, 0.25) is 11.8 Å². The molecule has 0 aliphatic carbocycles. The SMILES string of the molecule is CCCNC(=O)CCCC(=O)NC(Cc1cc(Cl)cc(Cl)c1)C(=O)O. The molecular formula is C17H22Cl2N2O4. The van der Waals surface area contributed by atoms with Gasteiger partial charge in [0.1, 0.15) is 6.04 Å². The predicted molar refractivity (Wildman–Crippen MR) is 96.9 cm³/mol. The molecule has 8 heteroatoms. The van der Waals surface area contributed by atoms with Crippen LogP contribution in [0.1, 0.15) is 38.2 Å². The van der Waals surface area contributed by atoms with E-state index in [0.29, 0.717) is 28.6 Å². The van der Waals surface area contributed by atoms with Crippen LogP contribution in [0.3, 0.4) is 0 Å². The van der Waals surface area contributed by atoms with Crippen molar-refractivity contribution in [2.24, 2.45) is 0 Å². The number of carbonyl (C=O) groups excluding carboxylic acids is 2. The largest absolute Gasteiger partial charge is 0.480 e. The van der Waals surface area contributed by atoms with Crippen molar-refractivity contribution in [2.75, 3.05) is 6.54 Å². The summed E-state index contributed by atoms with van der Waals surface area (Å²) in [7, 11) is 0. The van der Waals surface area contributed by atoms with Crippen LogP contribution in [0, 0.1) is 0 Å². The van der Waals surface area contributed by atoms with Crippen LogP contribution in [0.5, 0.6) is 0 Å². The Hall–Kier alpha value is -1.79. The van der Waals surface area contributed by atoms with Gasteiger partial charge in [-0.25, -0.2) is 4.79 Å². The summed E-state index contributed by atoms with van der Waals surface area (Å²) in [5.74, 6) is -1.67. The Bertz CT molecular complexity index is 602. The molecule has 0 bridgehead atoms. The van der Waals surface area contributed by atoms with E-state index < -0.39 is 17.9 Å². The molecule has 0 aliphatic heterocycles. The van der Waals surface area contributed by atoms with Gasteiger partial charge >= 0.3 is 5.97 Å². The second-order valence-corrected chi connectivity index (χ2v) is 6.52. The molecule has 0 spiro atoms. The lowest BCUT2D eigenvalue weighted by atomic mass is 10.1. The Kier molecular flexibility index (Phi) is 9.31. The van der Waals surface area contributed by atoms with Gasteiger partial charge in [0.15, 0.2) is 0 Å². The smallest absolute Gasteiger partial charge is 0.326 e. The Balaban J connectivity index is 2.50. The molecule has 0 saturated carbocycles. The molecular weight excluding hydrogens is 367 g/mol. The molecule has 25 heavy (non-hydrogen) atoms. The van der Waals surface area contributed by atoms with Gasteiger partial charge in [-0.3, -0.25) is 9.59 Å². The second-order valence-electron chi connectivity index (χ2n) is 5.64. The van der Waals surface area contributed by atoms with Crippen molar-refractivity contribution >= 4 is 41.0 Å². The van der Waals surface area contributed by atoms with E-state index in [1.165, 1.54) is 0 Å². The fraction of sp³-hybridized carbons (Fsp3) is 0.471. The van der Waals surface area contributed by atoms with Crippen molar-refractivity contribution in [3.63, 3.8) is 0 Å². The van der Waals surface area contributed by atoms with E-state index in [9.17, 15) is 19.5 Å². The molecule has 1 atom stereocenters. The Morgan fingerprint density at radius 1 is 1.08 bits per heavy atom. The lowest BCUT2D eigenvalue weighted by Crippen LogP contribution is -2.42. The summed E-state index contributed by atoms with van der Waals surface area (Å²) in [6, 6.07) is 3.67. The van der Waals surface area contributed by atoms with Crippen LogP contribution in [0.2, 0.25) is 10.0 Å². The van der Waals surface area contributed by atoms with E-state index in [1.807, 2.05) is 6.92 Å². The molecule has 1 aromatic carbocycles. The molecule has 6 nitrogen and oxygen atoms in total. The minimum atomic E-state index is -1.15. The van der Waals surface area contributed by atoms with Gasteiger partial charge in [-0.1, -0.05) is 30.1 Å². The van der Waals surface area contributed by atoms with Crippen LogP contribution in [0.4, 0.5) is 0 Å². The zero-order valence-corrected chi connectivity index (χ0v) is 15.5. The van der Waals surface area contributed by atoms with E-state index in [1.54, 1.807) is 18.2 Å². The summed E-state index contributed by atoms with van der Waals surface area (Å²) < 4.78 is 0. The number of hydrogen-bond donors (Lipinski definition) is 3. The van der Waals surface area contributed by atoms with Crippen LogP contribution in [0.15, 0.2) is 18.2 Å². The molecule has 1 aromatic rings. The van der Waals surface area contributed by atoms with E-state index in [-0.39, 0.29) is 25.2 Å². The maximum Gasteiger partial charge on any atom is 0.326 e. The van der Waals surface area contributed by atoms with Gasteiger partial charge in [-0.15, -0.1) is 0 Å². The summed E-state index contributed by atoms with van der Waals surface area (Å²) in [6.45, 7) is 2.56. The first kappa shape index (κ1) is 21.3. The molecule has 138 valence electrons. The van der Waals surface area contributed by atoms with E-state index in [0.717, 1.165) is 6.42 Å². The van der Waals surface area contributed by atoms with Gasteiger partial charge < -0.3 is 15.7 Å². The van der Waals surface area contributed by atoms with Crippen molar-refractivity contribution in [3.05, 3.63) is 33.8 Å². The number of carboxylic acid groups (broad SMARTS) is 1. The number of hydrogen-bond acceptors (Lipinski definition) is 3. The highest BCUT2D eigenvalue weighted by Crippen LogP contribution is 2.20. The maximum atomic E-state index is 11.9. The maximum absolute atomic E-state index is 11.9. The number of carboxylic acids is 1. The first-order valence-electron chi connectivity index (χ1n) is 8.05. The third-order valence-electron chi connectivity index (χ3n) is 3.38. The molecule has 3 N–H and O–H groups in total. The number of nitrogens with one attached hydrogen (secondary N) is 2. The predicted octanol–water partition coefficient (Wildman–Crippen LogP) is 2.80. The third kappa shape index (κ3) is 8.74. The van der Waals surface area contributed by atoms with Gasteiger partial charge in [0, 0.05) is 35.9 Å². The quantitative estimate of drug-likeness (QED) is 0.574. The first-order chi connectivity index (χ1) is 11.8. The van der Waals surface area contributed by atoms with Crippen LogP contribution in [-0.4, -0.2) is 35.5 Å². The van der Waals surface area contributed by atoms with E-state index in [2.05, 4.69) is 10.6 Å². The summed E-state index contributed by atoms with van der Waals surface area (Å²) in [6.07, 6.45) is 1.59. The Labute approximate surface area is 156 Å². The number of benzene rings is 1. The average molecular weight is 389 g/mol. The number of halogens is 2. The molecule has 1 rings (SSSR count). The van der Waals surface area contributed by atoms with Gasteiger partial charge in [-0.2, -0.15) is 0 Å². The second kappa shape index (κ2) is 10.9. The monoisotopic (exact) mass is 388 g/mol. The summed E-state index contributed by atoms with van der Waals surface area (Å²) in [5, 5.41) is 15.3. The molecule has 1 unspecified atom stereocenters. The zero-order chi connectivity index (χ0) is 18.8. The molecule has 0 aromatic heterocycles. The van der Waals surface area contributed by atoms with Crippen LogP contribution < -0.4 is 10.6 Å². The summed E-state index contributed by atoms with van der Waals surface area (Å²) in [4.78, 5) is 34.7. The van der Waals surface area contributed by atoms with Crippen molar-refractivity contribution in [1.82, 2.24) is 10.6 Å². The fourth-order valence-electron chi connectivity index (χ4n) is 2.19. The van der Waals surface area contributed by atoms with E-state index >= 15 is 0 Å². The highest BCUT2D eigenvalue weighted by atomic mass is 35.5. The van der Waals surface area contributed by atoms with Gasteiger partial charge in [0.05, 0.1) is 0 Å². The Morgan fingerprint density at radius 3 is 2.24 bits per heavy atom. The van der Waals surface area contributed by atoms with Crippen LogP contribution in [-0.2, 0) is 20.8 Å². The van der Waals surface area contributed by atoms with Crippen molar-refractivity contribution < 1.29 is 19.5 Å². The minimum absolute atomic E-state index is 0.0678. The van der Waals surface area contributed by atoms with Gasteiger partial charge in [0.25, 0.3) is 0 Å². The first-order valence-corrected chi connectivity index (χ1v) is 8.81. The molecule has 0 aliphatic rings. The van der Waals surface area contributed by atoms with Crippen LogP contribution in [0.25, 0.3) is 0 Å². The normalized spacial score (nSPS) is 11.6. The lowest BCUT2D eigenvalue weighted by molar-refractivity contribution is -0.141. The number of amides is 2. The highest BCUT2D eigenvalue weighted by Gasteiger charge is 2.20. The lowest BCUT2D eigenvalue weighted by Gasteiger charge is -2.15. The fourth-order valence-corrected chi connectivity index (χ4v) is 2.76. The minimum Gasteiger partial charge on any atom is -0.480 e. The molecule has 2 amide bonds. The van der Waals surface area contributed by atoms with E-state index in [4.69, 9.17) is 23.2 Å². The van der Waals surface area contributed by atoms with Crippen LogP contribution >= 0.6 is 23.2 Å². The van der Waals surface area contributed by atoms with Crippen molar-refractivity contribution in [1.29, 1.82) is 0 Å². The molecule has 0 heterocycles.